The summed E-state index contributed by atoms with van der Waals surface area (Å²) in [4.78, 5) is 30.0. The fraction of sp³-hybridized carbons (Fsp3) is 0. The number of nitrogens with zero attached hydrogens (tertiary/aromatic N) is 2. The minimum absolute atomic E-state index is 0.124. The van der Waals surface area contributed by atoms with E-state index in [0.717, 1.165) is 4.47 Å². The van der Waals surface area contributed by atoms with Crippen molar-refractivity contribution in [2.45, 2.75) is 0 Å². The van der Waals surface area contributed by atoms with E-state index >= 15 is 0 Å². The molecule has 1 heterocycles. The molecule has 0 unspecified atom stereocenters. The lowest BCUT2D eigenvalue weighted by atomic mass is 10.1. The Kier molecular flexibility index (Phi) is 5.29. The molecule has 0 saturated carbocycles. The minimum atomic E-state index is -1.03. The van der Waals surface area contributed by atoms with Gasteiger partial charge in [0.25, 0.3) is 5.91 Å². The number of hydrogen-bond acceptors (Lipinski definition) is 3. The van der Waals surface area contributed by atoms with Gasteiger partial charge in [-0.15, -0.1) is 0 Å². The Hall–Kier alpha value is -3.58. The highest BCUT2D eigenvalue weighted by molar-refractivity contribution is 9.10. The van der Waals surface area contributed by atoms with Gasteiger partial charge in [-0.1, -0.05) is 40.2 Å². The molecule has 0 atom stereocenters. The van der Waals surface area contributed by atoms with E-state index in [9.17, 15) is 14.0 Å². The van der Waals surface area contributed by atoms with Crippen molar-refractivity contribution < 1.29 is 19.1 Å². The molecule has 5 nitrogen and oxygen atoms in total. The van der Waals surface area contributed by atoms with Crippen LogP contribution in [-0.2, 0) is 4.79 Å². The Balaban J connectivity index is 1.80. The number of benzene rings is 3. The van der Waals surface area contributed by atoms with Crippen molar-refractivity contribution in [3.8, 4) is 0 Å². The first-order valence-electron chi connectivity index (χ1n) is 8.93. The predicted octanol–water partition coefficient (Wildman–Crippen LogP) is 5.12. The maximum atomic E-state index is 14.5. The van der Waals surface area contributed by atoms with E-state index < -0.39 is 17.7 Å². The van der Waals surface area contributed by atoms with Crippen molar-refractivity contribution in [1.29, 1.82) is 0 Å². The molecule has 0 spiro atoms. The van der Waals surface area contributed by atoms with E-state index in [1.807, 2.05) is 0 Å². The normalized spacial score (nSPS) is 14.9. The van der Waals surface area contributed by atoms with Gasteiger partial charge in [0.2, 0.25) is 0 Å². The second-order valence-electron chi connectivity index (χ2n) is 6.49. The van der Waals surface area contributed by atoms with Gasteiger partial charge in [-0.25, -0.2) is 14.2 Å². The fourth-order valence-corrected chi connectivity index (χ4v) is 3.31. The molecule has 3 aromatic rings. The van der Waals surface area contributed by atoms with Crippen LogP contribution in [0.3, 0.4) is 0 Å². The average molecular weight is 465 g/mol. The number of carbonyl (C=O) groups excluding carboxylic acids is 1. The van der Waals surface area contributed by atoms with Gasteiger partial charge in [0, 0.05) is 4.47 Å². The summed E-state index contributed by atoms with van der Waals surface area (Å²) in [6.45, 7) is 0. The predicted molar refractivity (Wildman–Crippen MR) is 116 cm³/mol. The van der Waals surface area contributed by atoms with Gasteiger partial charge in [0.1, 0.15) is 11.5 Å². The molecule has 0 radical (unpaired) electrons. The second kappa shape index (κ2) is 8.04. The van der Waals surface area contributed by atoms with Crippen molar-refractivity contribution in [2.24, 2.45) is 4.99 Å². The van der Waals surface area contributed by atoms with Crippen LogP contribution in [0.15, 0.2) is 88.0 Å². The molecule has 0 aliphatic carbocycles. The lowest BCUT2D eigenvalue weighted by molar-refractivity contribution is -0.113. The molecule has 0 saturated heterocycles. The van der Waals surface area contributed by atoms with Gasteiger partial charge in [0.05, 0.1) is 16.8 Å². The molecule has 1 N–H and O–H groups in total. The van der Waals surface area contributed by atoms with Crippen LogP contribution in [-0.4, -0.2) is 22.8 Å². The number of hydrogen-bond donors (Lipinski definition) is 1. The van der Waals surface area contributed by atoms with Gasteiger partial charge in [-0.2, -0.15) is 0 Å². The number of halogens is 2. The maximum Gasteiger partial charge on any atom is 0.335 e. The molecular weight excluding hydrogens is 451 g/mol. The van der Waals surface area contributed by atoms with Crippen molar-refractivity contribution in [2.75, 3.05) is 4.90 Å². The van der Waals surface area contributed by atoms with Crippen LogP contribution in [0.2, 0.25) is 0 Å². The summed E-state index contributed by atoms with van der Waals surface area (Å²) in [6.07, 6.45) is 1.55. The molecule has 1 aliphatic rings. The van der Waals surface area contributed by atoms with E-state index in [1.54, 1.807) is 60.7 Å². The zero-order chi connectivity index (χ0) is 21.3. The van der Waals surface area contributed by atoms with Crippen molar-refractivity contribution >= 4 is 45.4 Å². The van der Waals surface area contributed by atoms with Crippen LogP contribution in [0.25, 0.3) is 6.08 Å². The first-order valence-corrected chi connectivity index (χ1v) is 9.72. The highest BCUT2D eigenvalue weighted by Gasteiger charge is 2.33. The molecular formula is C23H14BrFN2O3. The highest BCUT2D eigenvalue weighted by atomic mass is 79.9. The van der Waals surface area contributed by atoms with E-state index in [4.69, 9.17) is 5.11 Å². The number of anilines is 1. The summed E-state index contributed by atoms with van der Waals surface area (Å²) in [5.41, 5.74) is 1.63. The molecule has 1 aliphatic heterocycles. The van der Waals surface area contributed by atoms with Gasteiger partial charge < -0.3 is 5.11 Å². The minimum Gasteiger partial charge on any atom is -0.478 e. The number of aromatic carboxylic acids is 1. The number of amides is 1. The Morgan fingerprint density at radius 3 is 2.30 bits per heavy atom. The van der Waals surface area contributed by atoms with Crippen molar-refractivity contribution in [1.82, 2.24) is 0 Å². The third-order valence-electron chi connectivity index (χ3n) is 4.52. The molecule has 30 heavy (non-hydrogen) atoms. The van der Waals surface area contributed by atoms with Crippen LogP contribution >= 0.6 is 15.9 Å². The second-order valence-corrected chi connectivity index (χ2v) is 7.40. The van der Waals surface area contributed by atoms with Gasteiger partial charge in [0.15, 0.2) is 5.84 Å². The monoisotopic (exact) mass is 464 g/mol. The standard InChI is InChI=1S/C23H14BrFN2O3/c24-16-9-11-17(12-10-16)27-21(18-3-1-2-4-19(18)25)26-20(22(27)28)13-14-5-7-15(8-6-14)23(29)30/h1-13H,(H,29,30)/b20-13+. The summed E-state index contributed by atoms with van der Waals surface area (Å²) in [6, 6.07) is 19.2. The van der Waals surface area contributed by atoms with E-state index in [-0.39, 0.29) is 22.7 Å². The fourth-order valence-electron chi connectivity index (χ4n) is 3.05. The van der Waals surface area contributed by atoms with Crippen molar-refractivity contribution in [3.63, 3.8) is 0 Å². The summed E-state index contributed by atoms with van der Waals surface area (Å²) in [5, 5.41) is 9.03. The quantitative estimate of drug-likeness (QED) is 0.544. The zero-order valence-electron chi connectivity index (χ0n) is 15.4. The molecule has 0 aromatic heterocycles. The molecule has 0 fully saturated rings. The average Bonchev–Trinajstić information content (AvgIpc) is 3.05. The molecule has 1 amide bonds. The topological polar surface area (TPSA) is 70.0 Å². The van der Waals surface area contributed by atoms with E-state index in [2.05, 4.69) is 20.9 Å². The number of carboxylic acid groups (broad SMARTS) is 1. The summed E-state index contributed by atoms with van der Waals surface area (Å²) >= 11 is 3.37. The number of carboxylic acids is 1. The van der Waals surface area contributed by atoms with Gasteiger partial charge in [-0.05, 0) is 60.2 Å². The Morgan fingerprint density at radius 2 is 1.67 bits per heavy atom. The number of amidine groups is 1. The van der Waals surface area contributed by atoms with E-state index in [1.165, 1.54) is 23.1 Å². The molecule has 7 heteroatoms. The van der Waals surface area contributed by atoms with Crippen LogP contribution in [0.5, 0.6) is 0 Å². The summed E-state index contributed by atoms with van der Waals surface area (Å²) in [7, 11) is 0. The lowest BCUT2D eigenvalue weighted by Gasteiger charge is -2.19. The molecule has 0 bridgehead atoms. The first-order chi connectivity index (χ1) is 14.4. The number of aliphatic imine (C=N–C) groups is 1. The molecule has 4 rings (SSSR count). The number of rotatable bonds is 4. The van der Waals surface area contributed by atoms with Crippen molar-refractivity contribution in [3.05, 3.63) is 105 Å². The summed E-state index contributed by atoms with van der Waals surface area (Å²) in [5.74, 6) is -1.74. The maximum absolute atomic E-state index is 14.5. The van der Waals surface area contributed by atoms with E-state index in [0.29, 0.717) is 11.3 Å². The lowest BCUT2D eigenvalue weighted by Crippen LogP contribution is -2.33. The van der Waals surface area contributed by atoms with Crippen LogP contribution in [0, 0.1) is 5.82 Å². The highest BCUT2D eigenvalue weighted by Crippen LogP contribution is 2.29. The first kappa shape index (κ1) is 19.7. The third kappa shape index (κ3) is 3.79. The van der Waals surface area contributed by atoms with Gasteiger partial charge >= 0.3 is 5.97 Å². The van der Waals surface area contributed by atoms with Crippen LogP contribution in [0.1, 0.15) is 21.5 Å². The third-order valence-corrected chi connectivity index (χ3v) is 5.05. The Labute approximate surface area is 179 Å². The Morgan fingerprint density at radius 1 is 1.00 bits per heavy atom. The van der Waals surface area contributed by atoms with Gasteiger partial charge in [-0.3, -0.25) is 9.69 Å². The number of carbonyl (C=O) groups is 2. The molecule has 3 aromatic carbocycles. The largest absolute Gasteiger partial charge is 0.478 e. The Bertz CT molecular complexity index is 1200. The smallest absolute Gasteiger partial charge is 0.335 e. The summed E-state index contributed by atoms with van der Waals surface area (Å²) < 4.78 is 15.3. The van der Waals surface area contributed by atoms with Crippen LogP contribution < -0.4 is 4.90 Å². The van der Waals surface area contributed by atoms with Crippen LogP contribution in [0.4, 0.5) is 10.1 Å². The SMILES string of the molecule is O=C(O)c1ccc(/C=C2/N=C(c3ccccc3F)N(c3ccc(Br)cc3)C2=O)cc1. The zero-order valence-corrected chi connectivity index (χ0v) is 17.0. The molecule has 148 valence electrons.